The monoisotopic (exact) mass is 240 g/mol. The first-order valence-corrected chi connectivity index (χ1v) is 5.72. The average Bonchev–Trinajstić information content (AvgIpc) is 2.42. The molecule has 0 spiro atoms. The smallest absolute Gasteiger partial charge is 0.127 e. The zero-order chi connectivity index (χ0) is 12.8. The predicted octanol–water partition coefficient (Wildman–Crippen LogP) is 3.18. The average molecular weight is 240 g/mol. The summed E-state index contributed by atoms with van der Waals surface area (Å²) in [5, 5.41) is 12.2. The molecule has 1 atom stereocenters. The van der Waals surface area contributed by atoms with Gasteiger partial charge in [-0.25, -0.2) is 4.39 Å². The second-order valence-corrected chi connectivity index (χ2v) is 3.95. The molecule has 0 aliphatic carbocycles. The maximum Gasteiger partial charge on any atom is 0.127 e. The predicted molar refractivity (Wildman–Crippen MR) is 68.0 cm³/mol. The molecule has 2 rings (SSSR count). The molecule has 0 amide bonds. The van der Waals surface area contributed by atoms with Gasteiger partial charge in [0.1, 0.15) is 11.9 Å². The minimum Gasteiger partial charge on any atom is -0.294 e. The van der Waals surface area contributed by atoms with Crippen molar-refractivity contribution in [1.82, 2.24) is 5.32 Å². The normalized spacial score (nSPS) is 11.8. The molecule has 1 N–H and O–H groups in total. The summed E-state index contributed by atoms with van der Waals surface area (Å²) in [4.78, 5) is 0. The van der Waals surface area contributed by atoms with Crippen LogP contribution in [0.3, 0.4) is 0 Å². The van der Waals surface area contributed by atoms with Crippen LogP contribution in [0.1, 0.15) is 17.2 Å². The number of rotatable bonds is 4. The van der Waals surface area contributed by atoms with Crippen LogP contribution in [0.2, 0.25) is 0 Å². The molecule has 0 aliphatic heterocycles. The Morgan fingerprint density at radius 2 is 1.72 bits per heavy atom. The molecule has 0 bridgehead atoms. The van der Waals surface area contributed by atoms with E-state index in [9.17, 15) is 4.39 Å². The van der Waals surface area contributed by atoms with E-state index in [4.69, 9.17) is 5.26 Å². The third-order valence-electron chi connectivity index (χ3n) is 2.72. The SMILES string of the molecule is N#CC(NCc1ccccc1F)c1ccccc1. The summed E-state index contributed by atoms with van der Waals surface area (Å²) in [6, 6.07) is 17.7. The van der Waals surface area contributed by atoms with Crippen molar-refractivity contribution >= 4 is 0 Å². The molecule has 0 aromatic heterocycles. The van der Waals surface area contributed by atoms with Crippen molar-refractivity contribution < 1.29 is 4.39 Å². The number of halogens is 1. The molecule has 0 saturated heterocycles. The molecule has 90 valence electrons. The molecule has 1 unspecified atom stereocenters. The summed E-state index contributed by atoms with van der Waals surface area (Å²) in [5.74, 6) is -0.255. The van der Waals surface area contributed by atoms with E-state index in [-0.39, 0.29) is 5.82 Å². The van der Waals surface area contributed by atoms with Crippen LogP contribution in [0.15, 0.2) is 54.6 Å². The highest BCUT2D eigenvalue weighted by Crippen LogP contribution is 2.13. The Kier molecular flexibility index (Phi) is 4.06. The van der Waals surface area contributed by atoms with Crippen molar-refractivity contribution in [3.05, 3.63) is 71.5 Å². The second kappa shape index (κ2) is 5.95. The first-order valence-electron chi connectivity index (χ1n) is 5.72. The van der Waals surface area contributed by atoms with Crippen molar-refractivity contribution in [2.45, 2.75) is 12.6 Å². The first kappa shape index (κ1) is 12.3. The van der Waals surface area contributed by atoms with Crippen LogP contribution in [0.4, 0.5) is 4.39 Å². The number of nitriles is 1. The summed E-state index contributed by atoms with van der Waals surface area (Å²) in [6.45, 7) is 0.333. The van der Waals surface area contributed by atoms with Crippen molar-refractivity contribution in [1.29, 1.82) is 5.26 Å². The van der Waals surface area contributed by atoms with E-state index >= 15 is 0 Å². The Hall–Kier alpha value is -2.18. The van der Waals surface area contributed by atoms with Crippen LogP contribution in [0.5, 0.6) is 0 Å². The van der Waals surface area contributed by atoms with E-state index in [1.807, 2.05) is 30.3 Å². The van der Waals surface area contributed by atoms with Gasteiger partial charge in [-0.2, -0.15) is 5.26 Å². The van der Waals surface area contributed by atoms with E-state index in [0.29, 0.717) is 12.1 Å². The summed E-state index contributed by atoms with van der Waals surface area (Å²) in [5.41, 5.74) is 1.45. The van der Waals surface area contributed by atoms with Gasteiger partial charge in [-0.05, 0) is 11.6 Å². The third-order valence-corrected chi connectivity index (χ3v) is 2.72. The lowest BCUT2D eigenvalue weighted by molar-refractivity contribution is 0.571. The molecule has 0 radical (unpaired) electrons. The van der Waals surface area contributed by atoms with Crippen LogP contribution < -0.4 is 5.32 Å². The van der Waals surface area contributed by atoms with Crippen LogP contribution in [-0.2, 0) is 6.54 Å². The fourth-order valence-corrected chi connectivity index (χ4v) is 1.74. The topological polar surface area (TPSA) is 35.8 Å². The zero-order valence-corrected chi connectivity index (χ0v) is 9.81. The molecule has 18 heavy (non-hydrogen) atoms. The lowest BCUT2D eigenvalue weighted by Gasteiger charge is -2.12. The van der Waals surface area contributed by atoms with Crippen molar-refractivity contribution in [3.8, 4) is 6.07 Å². The molecule has 0 aliphatic rings. The Morgan fingerprint density at radius 3 is 2.39 bits per heavy atom. The molecular weight excluding hydrogens is 227 g/mol. The molecule has 0 heterocycles. The lowest BCUT2D eigenvalue weighted by atomic mass is 10.1. The van der Waals surface area contributed by atoms with Crippen LogP contribution in [-0.4, -0.2) is 0 Å². The van der Waals surface area contributed by atoms with E-state index < -0.39 is 6.04 Å². The molecular formula is C15H13FN2. The number of hydrogen-bond donors (Lipinski definition) is 1. The number of nitrogens with one attached hydrogen (secondary N) is 1. The van der Waals surface area contributed by atoms with Gasteiger partial charge in [-0.3, -0.25) is 5.32 Å². The second-order valence-electron chi connectivity index (χ2n) is 3.95. The molecule has 3 heteroatoms. The quantitative estimate of drug-likeness (QED) is 0.890. The highest BCUT2D eigenvalue weighted by Gasteiger charge is 2.10. The highest BCUT2D eigenvalue weighted by atomic mass is 19.1. The standard InChI is InChI=1S/C15H13FN2/c16-14-9-5-4-8-13(14)11-18-15(10-17)12-6-2-1-3-7-12/h1-9,15,18H,11H2. The van der Waals surface area contributed by atoms with Crippen LogP contribution in [0, 0.1) is 17.1 Å². The maximum atomic E-state index is 13.4. The fourth-order valence-electron chi connectivity index (χ4n) is 1.74. The van der Waals surface area contributed by atoms with Gasteiger partial charge in [0.05, 0.1) is 6.07 Å². The van der Waals surface area contributed by atoms with Gasteiger partial charge in [0.15, 0.2) is 0 Å². The molecule has 0 fully saturated rings. The van der Waals surface area contributed by atoms with Gasteiger partial charge in [-0.1, -0.05) is 48.5 Å². The summed E-state index contributed by atoms with van der Waals surface area (Å²) in [7, 11) is 0. The Bertz CT molecular complexity index is 546. The van der Waals surface area contributed by atoms with Crippen molar-refractivity contribution in [2.24, 2.45) is 0 Å². The Labute approximate surface area is 106 Å². The Morgan fingerprint density at radius 1 is 1.06 bits per heavy atom. The van der Waals surface area contributed by atoms with Gasteiger partial charge in [0, 0.05) is 12.1 Å². The lowest BCUT2D eigenvalue weighted by Crippen LogP contribution is -2.20. The minimum absolute atomic E-state index is 0.255. The summed E-state index contributed by atoms with van der Waals surface area (Å²) in [6.07, 6.45) is 0. The van der Waals surface area contributed by atoms with E-state index in [1.165, 1.54) is 6.07 Å². The van der Waals surface area contributed by atoms with Gasteiger partial charge < -0.3 is 0 Å². The van der Waals surface area contributed by atoms with E-state index in [2.05, 4.69) is 11.4 Å². The largest absolute Gasteiger partial charge is 0.294 e. The van der Waals surface area contributed by atoms with Crippen LogP contribution in [0.25, 0.3) is 0 Å². The Balaban J connectivity index is 2.05. The van der Waals surface area contributed by atoms with E-state index in [0.717, 1.165) is 5.56 Å². The number of nitrogens with zero attached hydrogens (tertiary/aromatic N) is 1. The summed E-state index contributed by atoms with van der Waals surface area (Å²) < 4.78 is 13.4. The highest BCUT2D eigenvalue weighted by molar-refractivity contribution is 5.24. The number of benzene rings is 2. The molecule has 2 aromatic rings. The van der Waals surface area contributed by atoms with Gasteiger partial charge >= 0.3 is 0 Å². The number of hydrogen-bond acceptors (Lipinski definition) is 2. The fraction of sp³-hybridized carbons (Fsp3) is 0.133. The molecule has 2 aromatic carbocycles. The summed E-state index contributed by atoms with van der Waals surface area (Å²) >= 11 is 0. The molecule has 0 saturated carbocycles. The van der Waals surface area contributed by atoms with Crippen LogP contribution >= 0.6 is 0 Å². The van der Waals surface area contributed by atoms with Gasteiger partial charge in [0.2, 0.25) is 0 Å². The maximum absolute atomic E-state index is 13.4. The van der Waals surface area contributed by atoms with E-state index in [1.54, 1.807) is 18.2 Å². The minimum atomic E-state index is -0.425. The van der Waals surface area contributed by atoms with Gasteiger partial charge in [-0.15, -0.1) is 0 Å². The van der Waals surface area contributed by atoms with Crippen molar-refractivity contribution in [2.75, 3.05) is 0 Å². The van der Waals surface area contributed by atoms with Crippen molar-refractivity contribution in [3.63, 3.8) is 0 Å². The molecule has 2 nitrogen and oxygen atoms in total. The zero-order valence-electron chi connectivity index (χ0n) is 9.81. The first-order chi connectivity index (χ1) is 8.81. The third kappa shape index (κ3) is 2.93. The van der Waals surface area contributed by atoms with Gasteiger partial charge in [0.25, 0.3) is 0 Å².